The summed E-state index contributed by atoms with van der Waals surface area (Å²) >= 11 is 0. The van der Waals surface area contributed by atoms with Gasteiger partial charge in [-0.15, -0.1) is 0 Å². The zero-order chi connectivity index (χ0) is 22.1. The number of hydrogen-bond donors (Lipinski definition) is 2. The number of rotatable bonds is 5. The van der Waals surface area contributed by atoms with Gasteiger partial charge in [0.15, 0.2) is 12.3 Å². The van der Waals surface area contributed by atoms with Gasteiger partial charge in [0.1, 0.15) is 17.1 Å². The first kappa shape index (κ1) is 21.3. The number of amides is 1. The Morgan fingerprint density at radius 2 is 2.07 bits per heavy atom. The van der Waals surface area contributed by atoms with Crippen molar-refractivity contribution in [3.05, 3.63) is 47.7 Å². The Hall–Kier alpha value is -3.44. The number of nitrogens with one attached hydrogen (secondary N) is 1. The van der Waals surface area contributed by atoms with Gasteiger partial charge in [-0.2, -0.15) is 0 Å². The fourth-order valence-corrected chi connectivity index (χ4v) is 2.95. The van der Waals surface area contributed by atoms with Gasteiger partial charge >= 0.3 is 0 Å². The molecule has 3 atom stereocenters. The number of nitrogens with zero attached hydrogens (tertiary/aromatic N) is 3. The van der Waals surface area contributed by atoms with Crippen molar-refractivity contribution in [1.82, 2.24) is 9.97 Å². The molecule has 0 saturated heterocycles. The standard InChI is InChI=1S/C18H17F4N5O3/c1-18(14(20)13(15(21)22)30-17(23)27-18)9-5-8(3-4-10(9)19)26-16(28)11-6-25-12(29-2)7-24-11/h3-7,13-15H,1-2H3,(H2,23,27)(H,26,28)/t13-,14-,18+/m0/s1. The topological polar surface area (TPSA) is 112 Å². The van der Waals surface area contributed by atoms with Crippen LogP contribution in [0.3, 0.4) is 0 Å². The highest BCUT2D eigenvalue weighted by molar-refractivity contribution is 6.02. The molecule has 1 amide bonds. The Bertz CT molecular complexity index is 973. The number of halogens is 4. The fourth-order valence-electron chi connectivity index (χ4n) is 2.95. The van der Waals surface area contributed by atoms with Crippen LogP contribution in [0.1, 0.15) is 23.0 Å². The monoisotopic (exact) mass is 427 g/mol. The predicted molar refractivity (Wildman–Crippen MR) is 97.7 cm³/mol. The summed E-state index contributed by atoms with van der Waals surface area (Å²) < 4.78 is 65.1. The Kier molecular flexibility index (Phi) is 5.76. The van der Waals surface area contributed by atoms with Crippen molar-refractivity contribution >= 4 is 17.6 Å². The van der Waals surface area contributed by atoms with E-state index in [2.05, 4.69) is 25.0 Å². The Morgan fingerprint density at radius 3 is 2.67 bits per heavy atom. The first-order valence-corrected chi connectivity index (χ1v) is 8.57. The number of benzene rings is 1. The van der Waals surface area contributed by atoms with E-state index in [-0.39, 0.29) is 22.8 Å². The van der Waals surface area contributed by atoms with Crippen LogP contribution in [0.5, 0.6) is 5.88 Å². The third-order valence-corrected chi connectivity index (χ3v) is 4.51. The quantitative estimate of drug-likeness (QED) is 0.709. The molecule has 0 spiro atoms. The molecule has 0 aliphatic carbocycles. The van der Waals surface area contributed by atoms with Gasteiger partial charge in [0.05, 0.1) is 19.5 Å². The highest BCUT2D eigenvalue weighted by Crippen LogP contribution is 2.40. The van der Waals surface area contributed by atoms with Crippen LogP contribution in [0.25, 0.3) is 0 Å². The van der Waals surface area contributed by atoms with Crippen LogP contribution in [0.2, 0.25) is 0 Å². The summed E-state index contributed by atoms with van der Waals surface area (Å²) in [6.07, 6.45) is -5.46. The average molecular weight is 427 g/mol. The summed E-state index contributed by atoms with van der Waals surface area (Å²) in [5.74, 6) is -1.42. The van der Waals surface area contributed by atoms with Gasteiger partial charge in [0.2, 0.25) is 5.88 Å². The van der Waals surface area contributed by atoms with Crippen LogP contribution >= 0.6 is 0 Å². The highest BCUT2D eigenvalue weighted by Gasteiger charge is 2.51. The van der Waals surface area contributed by atoms with Gasteiger partial charge in [-0.1, -0.05) is 0 Å². The number of carbonyl (C=O) groups excluding carboxylic acids is 1. The number of nitrogens with two attached hydrogens (primary N) is 1. The minimum atomic E-state index is -3.21. The van der Waals surface area contributed by atoms with E-state index in [1.54, 1.807) is 0 Å². The van der Waals surface area contributed by atoms with Crippen molar-refractivity contribution < 1.29 is 31.8 Å². The second-order valence-corrected chi connectivity index (χ2v) is 6.51. The molecule has 0 fully saturated rings. The lowest BCUT2D eigenvalue weighted by Crippen LogP contribution is -2.52. The van der Waals surface area contributed by atoms with Crippen LogP contribution in [0.4, 0.5) is 23.2 Å². The SMILES string of the molecule is COc1cnc(C(=O)Nc2ccc(F)c([C@@]3(C)N=C(N)O[C@H](C(F)F)[C@@H]3F)c2)cn1. The molecule has 0 bridgehead atoms. The van der Waals surface area contributed by atoms with Crippen LogP contribution in [0.15, 0.2) is 35.6 Å². The van der Waals surface area contributed by atoms with Gasteiger partial charge in [0.25, 0.3) is 18.4 Å². The van der Waals surface area contributed by atoms with Crippen molar-refractivity contribution in [3.8, 4) is 5.88 Å². The van der Waals surface area contributed by atoms with Gasteiger partial charge < -0.3 is 20.5 Å². The number of methoxy groups -OCH3 is 1. The molecule has 0 radical (unpaired) electrons. The highest BCUT2D eigenvalue weighted by atomic mass is 19.3. The fraction of sp³-hybridized carbons (Fsp3) is 0.333. The van der Waals surface area contributed by atoms with E-state index in [4.69, 9.17) is 10.5 Å². The summed E-state index contributed by atoms with van der Waals surface area (Å²) in [6, 6.07) is 2.54. The lowest BCUT2D eigenvalue weighted by Gasteiger charge is -2.38. The number of ether oxygens (including phenoxy) is 2. The normalized spacial score (nSPS) is 23.5. The van der Waals surface area contributed by atoms with Crippen LogP contribution in [-0.4, -0.2) is 47.7 Å². The van der Waals surface area contributed by atoms with E-state index in [9.17, 15) is 22.4 Å². The Labute approximate surface area is 168 Å². The molecular formula is C18H17F4N5O3. The molecule has 160 valence electrons. The van der Waals surface area contributed by atoms with Crippen molar-refractivity contribution in [2.24, 2.45) is 10.7 Å². The van der Waals surface area contributed by atoms with Gasteiger partial charge in [-0.3, -0.25) is 4.79 Å². The summed E-state index contributed by atoms with van der Waals surface area (Å²) in [6.45, 7) is 1.11. The van der Waals surface area contributed by atoms with Gasteiger partial charge in [-0.25, -0.2) is 32.5 Å². The molecule has 0 saturated carbocycles. The van der Waals surface area contributed by atoms with Crippen LogP contribution < -0.4 is 15.8 Å². The minimum Gasteiger partial charge on any atom is -0.480 e. The minimum absolute atomic E-state index is 0.0521. The maximum absolute atomic E-state index is 14.9. The number of aromatic nitrogens is 2. The molecule has 2 heterocycles. The van der Waals surface area contributed by atoms with Crippen molar-refractivity contribution in [3.63, 3.8) is 0 Å². The smallest absolute Gasteiger partial charge is 0.283 e. The number of hydrogen-bond acceptors (Lipinski definition) is 7. The summed E-state index contributed by atoms with van der Waals surface area (Å²) in [5.41, 5.74) is 2.91. The Balaban J connectivity index is 1.92. The molecule has 12 heteroatoms. The van der Waals surface area contributed by atoms with Crippen molar-refractivity contribution in [1.29, 1.82) is 0 Å². The van der Waals surface area contributed by atoms with E-state index in [1.807, 2.05) is 0 Å². The summed E-state index contributed by atoms with van der Waals surface area (Å²) in [7, 11) is 1.38. The molecule has 3 rings (SSSR count). The predicted octanol–water partition coefficient (Wildman–Crippen LogP) is 2.41. The molecule has 8 nitrogen and oxygen atoms in total. The maximum Gasteiger partial charge on any atom is 0.283 e. The third-order valence-electron chi connectivity index (χ3n) is 4.51. The van der Waals surface area contributed by atoms with E-state index in [0.29, 0.717) is 0 Å². The van der Waals surface area contributed by atoms with Crippen molar-refractivity contribution in [2.45, 2.75) is 31.2 Å². The number of aliphatic imine (C=N–C) groups is 1. The summed E-state index contributed by atoms with van der Waals surface area (Å²) in [4.78, 5) is 23.8. The number of carbonyl (C=O) groups is 1. The lowest BCUT2D eigenvalue weighted by atomic mass is 9.83. The molecule has 1 aromatic carbocycles. The molecule has 1 aliphatic heterocycles. The van der Waals surface area contributed by atoms with E-state index >= 15 is 0 Å². The molecule has 3 N–H and O–H groups in total. The van der Waals surface area contributed by atoms with Crippen molar-refractivity contribution in [2.75, 3.05) is 12.4 Å². The second kappa shape index (κ2) is 8.13. The van der Waals surface area contributed by atoms with Crippen LogP contribution in [0, 0.1) is 5.82 Å². The molecule has 1 aliphatic rings. The third kappa shape index (κ3) is 3.98. The molecule has 1 aromatic heterocycles. The molecule has 30 heavy (non-hydrogen) atoms. The zero-order valence-electron chi connectivity index (χ0n) is 15.8. The number of amidine groups is 1. The van der Waals surface area contributed by atoms with Gasteiger partial charge in [-0.05, 0) is 25.1 Å². The molecular weight excluding hydrogens is 410 g/mol. The van der Waals surface area contributed by atoms with E-state index in [1.165, 1.54) is 19.4 Å². The zero-order valence-corrected chi connectivity index (χ0v) is 15.8. The molecule has 0 unspecified atom stereocenters. The number of alkyl halides is 3. The largest absolute Gasteiger partial charge is 0.480 e. The van der Waals surface area contributed by atoms with E-state index in [0.717, 1.165) is 25.3 Å². The first-order chi connectivity index (χ1) is 14.2. The second-order valence-electron chi connectivity index (χ2n) is 6.51. The lowest BCUT2D eigenvalue weighted by molar-refractivity contribution is -0.0741. The summed E-state index contributed by atoms with van der Waals surface area (Å²) in [5, 5.41) is 2.45. The van der Waals surface area contributed by atoms with Gasteiger partial charge in [0, 0.05) is 11.3 Å². The van der Waals surface area contributed by atoms with Crippen LogP contribution in [-0.2, 0) is 10.3 Å². The average Bonchev–Trinajstić information content (AvgIpc) is 2.71. The van der Waals surface area contributed by atoms with E-state index < -0.39 is 42.0 Å². The first-order valence-electron chi connectivity index (χ1n) is 8.57. The molecule has 2 aromatic rings. The Morgan fingerprint density at radius 1 is 1.33 bits per heavy atom. The maximum atomic E-state index is 14.9. The number of anilines is 1.